The summed E-state index contributed by atoms with van der Waals surface area (Å²) >= 11 is 0. The Kier molecular flexibility index (Phi) is 9.16. The molecule has 0 saturated heterocycles. The van der Waals surface area contributed by atoms with Crippen LogP contribution in [0.5, 0.6) is 34.5 Å². The third-order valence-corrected chi connectivity index (χ3v) is 10.8. The second-order valence-corrected chi connectivity index (χ2v) is 13.9. The van der Waals surface area contributed by atoms with Gasteiger partial charge in [0.2, 0.25) is 0 Å². The number of phenolic OH excluding ortho intramolecular Hbond substituents is 6. The van der Waals surface area contributed by atoms with Crippen molar-refractivity contribution in [1.29, 1.82) is 0 Å². The van der Waals surface area contributed by atoms with Crippen molar-refractivity contribution >= 4 is 0 Å². The van der Waals surface area contributed by atoms with Crippen molar-refractivity contribution in [1.82, 2.24) is 0 Å². The Hall–Kier alpha value is -7.44. The van der Waals surface area contributed by atoms with E-state index in [1.54, 1.807) is 72.8 Å². The van der Waals surface area contributed by atoms with Crippen LogP contribution in [0.3, 0.4) is 0 Å². The monoisotopic (exact) mass is 734 g/mol. The molecule has 0 fully saturated rings. The quantitative estimate of drug-likeness (QED) is 0.0822. The van der Waals surface area contributed by atoms with Gasteiger partial charge in [-0.25, -0.2) is 0 Å². The lowest BCUT2D eigenvalue weighted by atomic mass is 9.64. The first-order valence-corrected chi connectivity index (χ1v) is 18.2. The van der Waals surface area contributed by atoms with Crippen molar-refractivity contribution in [3.63, 3.8) is 0 Å². The molecule has 0 heterocycles. The Morgan fingerprint density at radius 3 is 0.446 bits per heavy atom. The van der Waals surface area contributed by atoms with E-state index in [2.05, 4.69) is 48.5 Å². The molecule has 8 rings (SSSR count). The largest absolute Gasteiger partial charge is 0.508 e. The van der Waals surface area contributed by atoms with Crippen LogP contribution in [0.1, 0.15) is 44.5 Å². The Morgan fingerprint density at radius 1 is 0.179 bits per heavy atom. The first-order chi connectivity index (χ1) is 27.2. The fourth-order valence-corrected chi connectivity index (χ4v) is 8.09. The van der Waals surface area contributed by atoms with Gasteiger partial charge in [-0.2, -0.15) is 0 Å². The van der Waals surface area contributed by atoms with Crippen LogP contribution in [-0.2, 0) is 10.8 Å². The van der Waals surface area contributed by atoms with Gasteiger partial charge in [-0.15, -0.1) is 0 Å². The molecule has 0 radical (unpaired) electrons. The summed E-state index contributed by atoms with van der Waals surface area (Å²) < 4.78 is 0. The summed E-state index contributed by atoms with van der Waals surface area (Å²) in [4.78, 5) is 0. The third-order valence-electron chi connectivity index (χ3n) is 10.8. The number of rotatable bonds is 9. The zero-order valence-electron chi connectivity index (χ0n) is 30.2. The minimum absolute atomic E-state index is 0.142. The molecule has 0 aromatic heterocycles. The molecule has 8 aromatic carbocycles. The maximum atomic E-state index is 10.3. The van der Waals surface area contributed by atoms with E-state index >= 15 is 0 Å². The predicted octanol–water partition coefficient (Wildman–Crippen LogP) is 10.4. The van der Waals surface area contributed by atoms with E-state index < -0.39 is 10.8 Å². The van der Waals surface area contributed by atoms with Crippen LogP contribution >= 0.6 is 0 Å². The van der Waals surface area contributed by atoms with Gasteiger partial charge < -0.3 is 30.6 Å². The van der Waals surface area contributed by atoms with Crippen LogP contribution in [0.15, 0.2) is 194 Å². The molecule has 6 N–H and O–H groups in total. The maximum Gasteiger partial charge on any atom is 0.115 e. The van der Waals surface area contributed by atoms with Gasteiger partial charge in [0.05, 0.1) is 10.8 Å². The molecule has 0 aliphatic heterocycles. The normalized spacial score (nSPS) is 11.6. The van der Waals surface area contributed by atoms with Crippen molar-refractivity contribution in [2.24, 2.45) is 0 Å². The minimum Gasteiger partial charge on any atom is -0.508 e. The zero-order valence-corrected chi connectivity index (χ0v) is 30.2. The fourth-order valence-electron chi connectivity index (χ4n) is 8.09. The molecule has 0 atom stereocenters. The molecule has 0 unspecified atom stereocenters. The van der Waals surface area contributed by atoms with Gasteiger partial charge in [0.25, 0.3) is 0 Å². The van der Waals surface area contributed by atoms with Crippen molar-refractivity contribution in [3.05, 3.63) is 239 Å². The van der Waals surface area contributed by atoms with E-state index in [1.807, 2.05) is 72.8 Å². The number of phenols is 6. The van der Waals surface area contributed by atoms with Gasteiger partial charge >= 0.3 is 0 Å². The molecule has 56 heavy (non-hydrogen) atoms. The molecule has 8 aromatic rings. The van der Waals surface area contributed by atoms with E-state index in [0.29, 0.717) is 0 Å². The van der Waals surface area contributed by atoms with E-state index in [-0.39, 0.29) is 34.5 Å². The van der Waals surface area contributed by atoms with Gasteiger partial charge in [0.1, 0.15) is 34.5 Å². The lowest BCUT2D eigenvalue weighted by molar-refractivity contribution is 0.473. The van der Waals surface area contributed by atoms with Crippen LogP contribution in [0.4, 0.5) is 0 Å². The minimum atomic E-state index is -0.880. The van der Waals surface area contributed by atoms with Crippen molar-refractivity contribution < 1.29 is 30.6 Å². The molecule has 6 nitrogen and oxygen atoms in total. The lowest BCUT2D eigenvalue weighted by Gasteiger charge is -2.37. The average molecular weight is 735 g/mol. The molecule has 0 spiro atoms. The van der Waals surface area contributed by atoms with Gasteiger partial charge in [-0.05, 0) is 128 Å². The van der Waals surface area contributed by atoms with Gasteiger partial charge in [-0.1, -0.05) is 121 Å². The summed E-state index contributed by atoms with van der Waals surface area (Å²) in [7, 11) is 0. The van der Waals surface area contributed by atoms with E-state index in [1.165, 1.54) is 0 Å². The highest BCUT2D eigenvalue weighted by Gasteiger charge is 2.40. The molecule has 0 saturated carbocycles. The van der Waals surface area contributed by atoms with Crippen LogP contribution in [0.2, 0.25) is 0 Å². The van der Waals surface area contributed by atoms with E-state index in [0.717, 1.165) is 55.6 Å². The summed E-state index contributed by atoms with van der Waals surface area (Å²) in [6.07, 6.45) is 0. The van der Waals surface area contributed by atoms with Crippen LogP contribution in [-0.4, -0.2) is 30.6 Å². The lowest BCUT2D eigenvalue weighted by Crippen LogP contribution is -2.31. The summed E-state index contributed by atoms with van der Waals surface area (Å²) in [6, 6.07) is 59.3. The second kappa shape index (κ2) is 14.4. The molecule has 0 aliphatic rings. The zero-order chi connectivity index (χ0) is 38.9. The van der Waals surface area contributed by atoms with Crippen LogP contribution in [0.25, 0.3) is 11.1 Å². The first-order valence-electron chi connectivity index (χ1n) is 18.2. The number of benzene rings is 8. The molecule has 0 bridgehead atoms. The van der Waals surface area contributed by atoms with Crippen LogP contribution in [0, 0.1) is 0 Å². The van der Waals surface area contributed by atoms with Gasteiger partial charge in [0, 0.05) is 0 Å². The predicted molar refractivity (Wildman–Crippen MR) is 218 cm³/mol. The Labute approximate surface area is 324 Å². The highest BCUT2D eigenvalue weighted by atomic mass is 16.3. The standard InChI is InChI=1S/C50H38O6/c51-43-21-9-37(10-22-43)49(38-11-23-44(52)24-12-38,39-13-25-45(53)26-14-39)35-5-1-33(2-6-35)34-3-7-36(8-4-34)50(40-15-27-46(54)28-16-40,41-17-29-47(55)30-18-41)42-19-31-48(56)32-20-42/h1-32,51-56H. The highest BCUT2D eigenvalue weighted by molar-refractivity contribution is 5.69. The number of aromatic hydroxyl groups is 6. The second-order valence-electron chi connectivity index (χ2n) is 13.9. The molecule has 0 aliphatic carbocycles. The van der Waals surface area contributed by atoms with Crippen molar-refractivity contribution in [2.45, 2.75) is 10.8 Å². The summed E-state index contributed by atoms with van der Waals surface area (Å²) in [5, 5.41) is 61.6. The maximum absolute atomic E-state index is 10.3. The van der Waals surface area contributed by atoms with Gasteiger partial charge in [-0.3, -0.25) is 0 Å². The molecule has 6 heteroatoms. The van der Waals surface area contributed by atoms with E-state index in [4.69, 9.17) is 0 Å². The number of hydrogen-bond donors (Lipinski definition) is 6. The third kappa shape index (κ3) is 6.23. The molecular formula is C50H38O6. The molecule has 274 valence electrons. The summed E-state index contributed by atoms with van der Waals surface area (Å²) in [6.45, 7) is 0. The fraction of sp³-hybridized carbons (Fsp3) is 0.0400. The topological polar surface area (TPSA) is 121 Å². The SMILES string of the molecule is Oc1ccc(C(c2ccc(O)cc2)(c2ccc(O)cc2)c2ccc(-c3ccc(C(c4ccc(O)cc4)(c4ccc(O)cc4)c4ccc(O)cc4)cc3)cc2)cc1. The Morgan fingerprint density at radius 2 is 0.304 bits per heavy atom. The summed E-state index contributed by atoms with van der Waals surface area (Å²) in [5.41, 5.74) is 7.38. The van der Waals surface area contributed by atoms with Gasteiger partial charge in [0.15, 0.2) is 0 Å². The van der Waals surface area contributed by atoms with Crippen molar-refractivity contribution in [3.8, 4) is 45.6 Å². The summed E-state index contributed by atoms with van der Waals surface area (Å²) in [5.74, 6) is 0.851. The smallest absolute Gasteiger partial charge is 0.115 e. The number of hydrogen-bond acceptors (Lipinski definition) is 6. The van der Waals surface area contributed by atoms with Crippen LogP contribution < -0.4 is 0 Å². The Bertz CT molecular complexity index is 2150. The van der Waals surface area contributed by atoms with Crippen molar-refractivity contribution in [2.75, 3.05) is 0 Å². The highest BCUT2D eigenvalue weighted by Crippen LogP contribution is 2.48. The average Bonchev–Trinajstić information content (AvgIpc) is 3.22. The molecule has 0 amide bonds. The Balaban J connectivity index is 1.27. The van der Waals surface area contributed by atoms with E-state index in [9.17, 15) is 30.6 Å². The molecular weight excluding hydrogens is 697 g/mol. The first kappa shape index (κ1) is 35.6.